The first-order valence-electron chi connectivity index (χ1n) is 13.7. The van der Waals surface area contributed by atoms with Gasteiger partial charge in [0.1, 0.15) is 24.2 Å². The van der Waals surface area contributed by atoms with Crippen LogP contribution in [0.3, 0.4) is 0 Å². The lowest BCUT2D eigenvalue weighted by molar-refractivity contribution is -0.150. The van der Waals surface area contributed by atoms with E-state index in [1.54, 1.807) is 7.05 Å². The number of aliphatic hydroxyl groups is 1. The van der Waals surface area contributed by atoms with E-state index in [0.717, 1.165) is 0 Å². The normalized spacial score (nSPS) is 15.1. The predicted molar refractivity (Wildman–Crippen MR) is 150 cm³/mol. The van der Waals surface area contributed by atoms with Gasteiger partial charge in [0.2, 0.25) is 29.5 Å². The molecular formula is C25H46N8O9. The molecule has 0 aromatic rings. The van der Waals surface area contributed by atoms with E-state index in [1.807, 2.05) is 0 Å². The number of carboxylic acids is 1. The van der Waals surface area contributed by atoms with Gasteiger partial charge < -0.3 is 53.6 Å². The molecule has 0 aromatic heterocycles. The summed E-state index contributed by atoms with van der Waals surface area (Å²) in [5, 5.41) is 33.8. The van der Waals surface area contributed by atoms with Gasteiger partial charge in [-0.05, 0) is 66.6 Å². The fourth-order valence-electron chi connectivity index (χ4n) is 3.59. The Hall–Kier alpha value is -3.67. The molecular weight excluding hydrogens is 556 g/mol. The number of nitrogens with one attached hydrogen (secondary N) is 6. The molecule has 0 aliphatic carbocycles. The first kappa shape index (κ1) is 38.3. The SMILES string of the molecule is CNCCC(=O)N[C@@H](CCCCN)C(=O)N[C@H](C(=O)N[C@@H](C)C(=O)N[C@@H](CCN)C(=O)N[C@@H](C)C(=O)C(=O)O)[C@@H](C)O. The molecule has 0 saturated carbocycles. The van der Waals surface area contributed by atoms with E-state index in [1.165, 1.54) is 20.8 Å². The van der Waals surface area contributed by atoms with Crippen molar-refractivity contribution in [3.63, 3.8) is 0 Å². The molecule has 17 nitrogen and oxygen atoms in total. The summed E-state index contributed by atoms with van der Waals surface area (Å²) in [6.45, 7) is 4.43. The summed E-state index contributed by atoms with van der Waals surface area (Å²) < 4.78 is 0. The minimum Gasteiger partial charge on any atom is -0.475 e. The molecule has 5 amide bonds. The van der Waals surface area contributed by atoms with Gasteiger partial charge in [0.25, 0.3) is 5.78 Å². The average Bonchev–Trinajstić information content (AvgIpc) is 2.92. The van der Waals surface area contributed by atoms with Crippen molar-refractivity contribution in [3.05, 3.63) is 0 Å². The molecule has 0 aliphatic heterocycles. The van der Waals surface area contributed by atoms with E-state index >= 15 is 0 Å². The number of hydrogen-bond donors (Lipinski definition) is 10. The van der Waals surface area contributed by atoms with Crippen LogP contribution in [0.2, 0.25) is 0 Å². The Morgan fingerprint density at radius 3 is 1.79 bits per heavy atom. The highest BCUT2D eigenvalue weighted by Gasteiger charge is 2.32. The highest BCUT2D eigenvalue weighted by molar-refractivity contribution is 6.35. The van der Waals surface area contributed by atoms with E-state index in [0.29, 0.717) is 25.9 Å². The van der Waals surface area contributed by atoms with Crippen LogP contribution in [-0.4, -0.2) is 114 Å². The van der Waals surface area contributed by atoms with Gasteiger partial charge in [-0.15, -0.1) is 0 Å². The third-order valence-electron chi connectivity index (χ3n) is 6.07. The number of rotatable bonds is 21. The van der Waals surface area contributed by atoms with Crippen molar-refractivity contribution in [2.24, 2.45) is 11.5 Å². The number of carbonyl (C=O) groups is 7. The predicted octanol–water partition coefficient (Wildman–Crippen LogP) is -4.43. The minimum absolute atomic E-state index is 0.0472. The Morgan fingerprint density at radius 1 is 0.690 bits per heavy atom. The molecule has 240 valence electrons. The molecule has 0 saturated heterocycles. The number of Topliss-reactive ketones (excluding diaryl/α,β-unsaturated/α-hetero) is 1. The van der Waals surface area contributed by atoms with Crippen LogP contribution >= 0.6 is 0 Å². The number of carboxylic acid groups (broad SMARTS) is 1. The highest BCUT2D eigenvalue weighted by atomic mass is 16.4. The average molecular weight is 603 g/mol. The minimum atomic E-state index is -1.74. The molecule has 17 heteroatoms. The second-order valence-electron chi connectivity index (χ2n) is 9.75. The molecule has 0 unspecified atom stereocenters. The van der Waals surface area contributed by atoms with Crippen molar-refractivity contribution in [2.75, 3.05) is 26.7 Å². The zero-order valence-corrected chi connectivity index (χ0v) is 24.5. The molecule has 0 heterocycles. The summed E-state index contributed by atoms with van der Waals surface area (Å²) in [4.78, 5) is 85.8. The van der Waals surface area contributed by atoms with Gasteiger partial charge in [-0.3, -0.25) is 28.8 Å². The lowest BCUT2D eigenvalue weighted by atomic mass is 10.1. The van der Waals surface area contributed by atoms with Gasteiger partial charge in [-0.2, -0.15) is 0 Å². The zero-order valence-electron chi connectivity index (χ0n) is 24.5. The molecule has 0 aromatic carbocycles. The van der Waals surface area contributed by atoms with Crippen LogP contribution in [-0.2, 0) is 33.6 Å². The Morgan fingerprint density at radius 2 is 1.26 bits per heavy atom. The number of hydrogen-bond acceptors (Lipinski definition) is 11. The second-order valence-corrected chi connectivity index (χ2v) is 9.75. The standard InChI is InChI=1S/C25H46N8O9/c1-13(20(36)25(41)42)29-22(38)17(8-11-27)32-21(37)14(2)30-24(40)19(15(3)34)33-23(39)16(7-5-6-10-26)31-18(35)9-12-28-4/h13-17,19,28,34H,5-12,26-27H2,1-4H3,(H,29,38)(H,30,40)(H,31,35)(H,32,37)(H,33,39)(H,41,42)/t13-,14-,15+,16-,17-,19-/m0/s1. The number of unbranched alkanes of at least 4 members (excludes halogenated alkanes) is 1. The zero-order chi connectivity index (χ0) is 32.4. The molecule has 0 aliphatic rings. The van der Waals surface area contributed by atoms with Gasteiger partial charge >= 0.3 is 5.97 Å². The van der Waals surface area contributed by atoms with Crippen LogP contribution in [0, 0.1) is 0 Å². The summed E-state index contributed by atoms with van der Waals surface area (Å²) in [6, 6.07) is -6.37. The van der Waals surface area contributed by atoms with Crippen molar-refractivity contribution in [1.82, 2.24) is 31.9 Å². The quantitative estimate of drug-likeness (QED) is 0.0440. The summed E-state index contributed by atoms with van der Waals surface area (Å²) >= 11 is 0. The summed E-state index contributed by atoms with van der Waals surface area (Å²) in [6.07, 6.45) is 0.0122. The maximum Gasteiger partial charge on any atom is 0.374 e. The van der Waals surface area contributed by atoms with Gasteiger partial charge in [-0.25, -0.2) is 4.79 Å². The van der Waals surface area contributed by atoms with Crippen molar-refractivity contribution >= 4 is 41.3 Å². The second kappa shape index (κ2) is 20.2. The van der Waals surface area contributed by atoms with Crippen LogP contribution < -0.4 is 43.4 Å². The van der Waals surface area contributed by atoms with Gasteiger partial charge in [0, 0.05) is 13.0 Å². The number of aliphatic hydroxyl groups excluding tert-OH is 1. The highest BCUT2D eigenvalue weighted by Crippen LogP contribution is 2.04. The molecule has 0 rings (SSSR count). The fraction of sp³-hybridized carbons (Fsp3) is 0.720. The summed E-state index contributed by atoms with van der Waals surface area (Å²) in [7, 11) is 1.67. The van der Waals surface area contributed by atoms with E-state index in [9.17, 15) is 38.7 Å². The van der Waals surface area contributed by atoms with Crippen LogP contribution in [0.15, 0.2) is 0 Å². The summed E-state index contributed by atoms with van der Waals surface area (Å²) in [5.41, 5.74) is 11.0. The fourth-order valence-corrected chi connectivity index (χ4v) is 3.59. The molecule has 12 N–H and O–H groups in total. The maximum absolute atomic E-state index is 13.0. The third-order valence-corrected chi connectivity index (χ3v) is 6.07. The van der Waals surface area contributed by atoms with Crippen LogP contribution in [0.5, 0.6) is 0 Å². The Kier molecular flexibility index (Phi) is 18.5. The molecule has 0 fully saturated rings. The van der Waals surface area contributed by atoms with Crippen molar-refractivity contribution < 1.29 is 43.8 Å². The Balaban J connectivity index is 5.42. The van der Waals surface area contributed by atoms with Gasteiger partial charge in [-0.1, -0.05) is 0 Å². The molecule has 0 bridgehead atoms. The van der Waals surface area contributed by atoms with Gasteiger partial charge in [0.05, 0.1) is 12.1 Å². The van der Waals surface area contributed by atoms with Crippen molar-refractivity contribution in [2.45, 2.75) is 89.2 Å². The Labute approximate surface area is 244 Å². The number of carbonyl (C=O) groups excluding carboxylic acids is 6. The topological polar surface area (TPSA) is 284 Å². The van der Waals surface area contributed by atoms with Gasteiger partial charge in [0.15, 0.2) is 0 Å². The smallest absolute Gasteiger partial charge is 0.374 e. The summed E-state index contributed by atoms with van der Waals surface area (Å²) in [5.74, 6) is -6.71. The monoisotopic (exact) mass is 602 g/mol. The van der Waals surface area contributed by atoms with E-state index in [4.69, 9.17) is 16.6 Å². The van der Waals surface area contributed by atoms with Crippen molar-refractivity contribution in [3.8, 4) is 0 Å². The molecule has 0 spiro atoms. The number of amides is 5. The lowest BCUT2D eigenvalue weighted by Gasteiger charge is -2.26. The molecule has 0 radical (unpaired) electrons. The third kappa shape index (κ3) is 14.3. The van der Waals surface area contributed by atoms with E-state index < -0.39 is 77.6 Å². The number of nitrogens with two attached hydrogens (primary N) is 2. The Bertz CT molecular complexity index is 947. The maximum atomic E-state index is 13.0. The number of ketones is 1. The van der Waals surface area contributed by atoms with E-state index in [2.05, 4.69) is 31.9 Å². The van der Waals surface area contributed by atoms with Crippen molar-refractivity contribution in [1.29, 1.82) is 0 Å². The first-order valence-corrected chi connectivity index (χ1v) is 13.7. The first-order chi connectivity index (χ1) is 19.7. The van der Waals surface area contributed by atoms with Crippen LogP contribution in [0.1, 0.15) is 52.9 Å². The molecule has 42 heavy (non-hydrogen) atoms. The molecule has 6 atom stereocenters. The van der Waals surface area contributed by atoms with Crippen LogP contribution in [0.25, 0.3) is 0 Å². The largest absolute Gasteiger partial charge is 0.475 e. The number of aliphatic carboxylic acids is 1. The van der Waals surface area contributed by atoms with E-state index in [-0.39, 0.29) is 25.8 Å². The lowest BCUT2D eigenvalue weighted by Crippen LogP contribution is -2.60. The van der Waals surface area contributed by atoms with Crippen LogP contribution in [0.4, 0.5) is 0 Å².